The van der Waals surface area contributed by atoms with E-state index in [-0.39, 0.29) is 23.0 Å². The molecule has 0 fully saturated rings. The monoisotopic (exact) mass is 537 g/mol. The van der Waals surface area contributed by atoms with Gasteiger partial charge in [0.1, 0.15) is 18.3 Å². The number of anilines is 1. The van der Waals surface area contributed by atoms with Gasteiger partial charge in [-0.3, -0.25) is 13.9 Å². The molecule has 9 heteroatoms. The van der Waals surface area contributed by atoms with Gasteiger partial charge in [-0.2, -0.15) is 0 Å². The number of nitrogens with zero attached hydrogens (tertiary/aromatic N) is 2. The van der Waals surface area contributed by atoms with Crippen LogP contribution in [0.4, 0.5) is 5.69 Å². The van der Waals surface area contributed by atoms with Gasteiger partial charge in [-0.15, -0.1) is 0 Å². The predicted molar refractivity (Wildman–Crippen MR) is 148 cm³/mol. The summed E-state index contributed by atoms with van der Waals surface area (Å²) in [7, 11) is -2.72. The molecule has 3 aromatic carbocycles. The van der Waals surface area contributed by atoms with Crippen LogP contribution >= 0.6 is 0 Å². The molecule has 0 spiro atoms. The number of methoxy groups -OCH3 is 1. The zero-order valence-electron chi connectivity index (χ0n) is 22.3. The van der Waals surface area contributed by atoms with Crippen LogP contribution in [0, 0.1) is 6.92 Å². The van der Waals surface area contributed by atoms with Crippen LogP contribution in [0.3, 0.4) is 0 Å². The summed E-state index contributed by atoms with van der Waals surface area (Å²) in [5.41, 5.74) is 1.96. The minimum atomic E-state index is -4.16. The number of para-hydroxylation sites is 2. The maximum Gasteiger partial charge on any atom is 0.264 e. The first-order valence-corrected chi connectivity index (χ1v) is 14.0. The number of aryl methyl sites for hydroxylation is 1. The third-order valence-electron chi connectivity index (χ3n) is 6.15. The Kier molecular flexibility index (Phi) is 9.90. The Labute approximate surface area is 225 Å². The van der Waals surface area contributed by atoms with E-state index in [2.05, 4.69) is 5.32 Å². The Bertz CT molecular complexity index is 1330. The predicted octanol–water partition coefficient (Wildman–Crippen LogP) is 4.14. The van der Waals surface area contributed by atoms with Crippen molar-refractivity contribution >= 4 is 27.5 Å². The molecule has 0 saturated carbocycles. The van der Waals surface area contributed by atoms with Crippen LogP contribution in [-0.4, -0.2) is 51.4 Å². The molecule has 0 aliphatic rings. The number of carbonyl (C=O) groups excluding carboxylic acids is 2. The fraction of sp³-hybridized carbons (Fsp3) is 0.310. The van der Waals surface area contributed by atoms with Crippen molar-refractivity contribution < 1.29 is 22.7 Å². The van der Waals surface area contributed by atoms with Gasteiger partial charge in [0.15, 0.2) is 0 Å². The van der Waals surface area contributed by atoms with Crippen LogP contribution in [0.2, 0.25) is 0 Å². The number of rotatable bonds is 12. The lowest BCUT2D eigenvalue weighted by Crippen LogP contribution is -2.51. The van der Waals surface area contributed by atoms with E-state index in [0.29, 0.717) is 12.3 Å². The van der Waals surface area contributed by atoms with Gasteiger partial charge in [-0.25, -0.2) is 8.42 Å². The molecule has 38 heavy (non-hydrogen) atoms. The quantitative estimate of drug-likeness (QED) is 0.375. The zero-order valence-corrected chi connectivity index (χ0v) is 23.1. The van der Waals surface area contributed by atoms with Crippen molar-refractivity contribution in [1.82, 2.24) is 10.2 Å². The molecule has 202 valence electrons. The summed E-state index contributed by atoms with van der Waals surface area (Å²) in [6.07, 6.45) is 0.751. The molecule has 1 N–H and O–H groups in total. The molecule has 3 aromatic rings. The number of carbonyl (C=O) groups is 2. The molecule has 0 bridgehead atoms. The highest BCUT2D eigenvalue weighted by atomic mass is 32.2. The molecule has 2 amide bonds. The Hall–Kier alpha value is -3.85. The van der Waals surface area contributed by atoms with E-state index in [1.54, 1.807) is 43.3 Å². The second-order valence-electron chi connectivity index (χ2n) is 8.97. The fourth-order valence-electron chi connectivity index (χ4n) is 3.95. The lowest BCUT2D eigenvalue weighted by Gasteiger charge is -2.32. The normalized spacial score (nSPS) is 11.9. The molecule has 1 atom stereocenters. The van der Waals surface area contributed by atoms with Crippen LogP contribution in [0.25, 0.3) is 0 Å². The van der Waals surface area contributed by atoms with Gasteiger partial charge in [0.25, 0.3) is 10.0 Å². The van der Waals surface area contributed by atoms with Crippen molar-refractivity contribution in [3.05, 3.63) is 90.0 Å². The van der Waals surface area contributed by atoms with Crippen LogP contribution in [-0.2, 0) is 26.2 Å². The molecule has 0 unspecified atom stereocenters. The van der Waals surface area contributed by atoms with Crippen LogP contribution in [0.15, 0.2) is 83.8 Å². The van der Waals surface area contributed by atoms with Crippen molar-refractivity contribution in [2.75, 3.05) is 24.5 Å². The topological polar surface area (TPSA) is 96.0 Å². The van der Waals surface area contributed by atoms with Gasteiger partial charge < -0.3 is 15.0 Å². The molecule has 0 aromatic heterocycles. The van der Waals surface area contributed by atoms with Crippen LogP contribution in [0.1, 0.15) is 31.4 Å². The largest absolute Gasteiger partial charge is 0.495 e. The van der Waals surface area contributed by atoms with Crippen molar-refractivity contribution in [3.63, 3.8) is 0 Å². The first kappa shape index (κ1) is 28.7. The van der Waals surface area contributed by atoms with Crippen molar-refractivity contribution in [3.8, 4) is 5.75 Å². The van der Waals surface area contributed by atoms with Gasteiger partial charge in [0, 0.05) is 13.1 Å². The van der Waals surface area contributed by atoms with E-state index >= 15 is 0 Å². The molecule has 0 heterocycles. The molecular weight excluding hydrogens is 502 g/mol. The third kappa shape index (κ3) is 6.92. The number of ether oxygens (including phenoxy) is 1. The van der Waals surface area contributed by atoms with E-state index in [1.165, 1.54) is 24.1 Å². The summed E-state index contributed by atoms with van der Waals surface area (Å²) in [5, 5.41) is 2.83. The van der Waals surface area contributed by atoms with E-state index < -0.39 is 28.5 Å². The number of amides is 2. The summed E-state index contributed by atoms with van der Waals surface area (Å²) < 4.78 is 34.3. The average molecular weight is 538 g/mol. The van der Waals surface area contributed by atoms with Gasteiger partial charge in [-0.1, -0.05) is 67.1 Å². The van der Waals surface area contributed by atoms with Gasteiger partial charge in [0.2, 0.25) is 11.8 Å². The maximum atomic E-state index is 13.9. The standard InChI is InChI=1S/C29H35N3O5S/c1-5-19-30-29(34)23(3)31(20-24-11-7-6-8-12-24)28(33)21-32(26-13-9-10-14-27(26)37-4)38(35,36)25-17-15-22(2)16-18-25/h6-18,23H,5,19-21H2,1-4H3,(H,30,34)/t23-/m0/s1. The van der Waals surface area contributed by atoms with Crippen molar-refractivity contribution in [2.45, 2.75) is 44.7 Å². The molecule has 0 aliphatic heterocycles. The summed E-state index contributed by atoms with van der Waals surface area (Å²) >= 11 is 0. The summed E-state index contributed by atoms with van der Waals surface area (Å²) in [4.78, 5) is 28.2. The van der Waals surface area contributed by atoms with Gasteiger partial charge in [-0.05, 0) is 50.1 Å². The van der Waals surface area contributed by atoms with Crippen LogP contribution in [0.5, 0.6) is 5.75 Å². The Morgan fingerprint density at radius 1 is 0.947 bits per heavy atom. The average Bonchev–Trinajstić information content (AvgIpc) is 2.93. The Morgan fingerprint density at radius 2 is 1.58 bits per heavy atom. The number of hydrogen-bond donors (Lipinski definition) is 1. The number of benzene rings is 3. The van der Waals surface area contributed by atoms with Gasteiger partial charge in [0.05, 0.1) is 17.7 Å². The lowest BCUT2D eigenvalue weighted by molar-refractivity contribution is -0.139. The number of hydrogen-bond acceptors (Lipinski definition) is 5. The maximum absolute atomic E-state index is 13.9. The highest BCUT2D eigenvalue weighted by Gasteiger charge is 2.33. The molecule has 0 saturated heterocycles. The number of nitrogens with one attached hydrogen (secondary N) is 1. The number of sulfonamides is 1. The smallest absolute Gasteiger partial charge is 0.264 e. The summed E-state index contributed by atoms with van der Waals surface area (Å²) in [6.45, 7) is 5.56. The Morgan fingerprint density at radius 3 is 2.21 bits per heavy atom. The van der Waals surface area contributed by atoms with Gasteiger partial charge >= 0.3 is 0 Å². The SMILES string of the molecule is CCCNC(=O)[C@H](C)N(Cc1ccccc1)C(=O)CN(c1ccccc1OC)S(=O)(=O)c1ccc(C)cc1. The zero-order chi connectivity index (χ0) is 27.7. The van der Waals surface area contributed by atoms with Crippen LogP contribution < -0.4 is 14.4 Å². The van der Waals surface area contributed by atoms with E-state index in [0.717, 1.165) is 21.9 Å². The third-order valence-corrected chi connectivity index (χ3v) is 7.93. The Balaban J connectivity index is 2.04. The minimum absolute atomic E-state index is 0.0464. The molecule has 8 nitrogen and oxygen atoms in total. The minimum Gasteiger partial charge on any atom is -0.495 e. The van der Waals surface area contributed by atoms with E-state index in [9.17, 15) is 18.0 Å². The molecular formula is C29H35N3O5S. The fourth-order valence-corrected chi connectivity index (χ4v) is 5.37. The first-order chi connectivity index (χ1) is 18.2. The second kappa shape index (κ2) is 13.1. The highest BCUT2D eigenvalue weighted by Crippen LogP contribution is 2.32. The summed E-state index contributed by atoms with van der Waals surface area (Å²) in [6, 6.07) is 21.5. The molecule has 0 radical (unpaired) electrons. The van der Waals surface area contributed by atoms with E-state index in [4.69, 9.17) is 4.74 Å². The molecule has 3 rings (SSSR count). The molecule has 0 aliphatic carbocycles. The lowest BCUT2D eigenvalue weighted by atomic mass is 10.1. The van der Waals surface area contributed by atoms with Crippen molar-refractivity contribution in [2.24, 2.45) is 0 Å². The summed E-state index contributed by atoms with van der Waals surface area (Å²) in [5.74, 6) is -0.518. The van der Waals surface area contributed by atoms with Crippen molar-refractivity contribution in [1.29, 1.82) is 0 Å². The van der Waals surface area contributed by atoms with E-state index in [1.807, 2.05) is 44.2 Å². The first-order valence-electron chi connectivity index (χ1n) is 12.5. The highest BCUT2D eigenvalue weighted by molar-refractivity contribution is 7.92. The second-order valence-corrected chi connectivity index (χ2v) is 10.8.